The number of anilines is 1. The largest absolute Gasteiger partial charge is 0.366 e. The summed E-state index contributed by atoms with van der Waals surface area (Å²) < 4.78 is 2.24. The van der Waals surface area contributed by atoms with E-state index in [1.54, 1.807) is 6.07 Å². The first kappa shape index (κ1) is 19.7. The molecule has 0 saturated carbocycles. The summed E-state index contributed by atoms with van der Waals surface area (Å²) in [4.78, 5) is 23.4. The van der Waals surface area contributed by atoms with E-state index in [2.05, 4.69) is 35.0 Å². The van der Waals surface area contributed by atoms with Crippen molar-refractivity contribution in [2.75, 3.05) is 5.32 Å². The summed E-state index contributed by atoms with van der Waals surface area (Å²) in [6, 6.07) is 20.0. The molecular formula is C25H25N3O2. The monoisotopic (exact) mass is 399 g/mol. The van der Waals surface area contributed by atoms with E-state index in [-0.39, 0.29) is 5.91 Å². The lowest BCUT2D eigenvalue weighted by atomic mass is 10.0. The van der Waals surface area contributed by atoms with Crippen LogP contribution in [-0.4, -0.2) is 16.4 Å². The van der Waals surface area contributed by atoms with E-state index in [9.17, 15) is 9.59 Å². The Bertz CT molecular complexity index is 1250. The lowest BCUT2D eigenvalue weighted by Crippen LogP contribution is -2.11. The number of carbonyl (C=O) groups is 2. The van der Waals surface area contributed by atoms with Crippen LogP contribution in [0, 0.1) is 0 Å². The number of amides is 2. The third-order valence-electron chi connectivity index (χ3n) is 5.37. The minimum atomic E-state index is -0.419. The molecule has 0 unspecified atom stereocenters. The van der Waals surface area contributed by atoms with Gasteiger partial charge in [0.15, 0.2) is 0 Å². The molecule has 152 valence electrons. The number of aromatic nitrogens is 1. The molecule has 1 heterocycles. The van der Waals surface area contributed by atoms with Crippen LogP contribution >= 0.6 is 0 Å². The Morgan fingerprint density at radius 2 is 1.70 bits per heavy atom. The molecule has 0 fully saturated rings. The number of nitrogens with zero attached hydrogens (tertiary/aromatic N) is 1. The predicted molar refractivity (Wildman–Crippen MR) is 122 cm³/mol. The van der Waals surface area contributed by atoms with Gasteiger partial charge < -0.3 is 15.6 Å². The number of nitrogens with one attached hydrogen (secondary N) is 1. The SMILES string of the molecule is CCCc1ccc2c3c(C(N)=O)cccc3n(Cc3ccc(NC(C)=O)cc3)c2c1. The van der Waals surface area contributed by atoms with E-state index in [0.717, 1.165) is 45.9 Å². The van der Waals surface area contributed by atoms with Gasteiger partial charge in [0.25, 0.3) is 0 Å². The fourth-order valence-corrected chi connectivity index (χ4v) is 4.09. The number of nitrogens with two attached hydrogens (primary N) is 1. The third-order valence-corrected chi connectivity index (χ3v) is 5.37. The van der Waals surface area contributed by atoms with Crippen LogP contribution in [0.2, 0.25) is 0 Å². The van der Waals surface area contributed by atoms with Crippen LogP contribution in [0.4, 0.5) is 5.69 Å². The highest BCUT2D eigenvalue weighted by Crippen LogP contribution is 2.33. The average molecular weight is 399 g/mol. The molecule has 0 bridgehead atoms. The van der Waals surface area contributed by atoms with Crippen LogP contribution in [0.25, 0.3) is 21.8 Å². The van der Waals surface area contributed by atoms with E-state index in [1.165, 1.54) is 12.5 Å². The van der Waals surface area contributed by atoms with Crippen molar-refractivity contribution < 1.29 is 9.59 Å². The molecule has 4 rings (SSSR count). The molecule has 0 spiro atoms. The molecule has 5 heteroatoms. The lowest BCUT2D eigenvalue weighted by Gasteiger charge is -2.10. The van der Waals surface area contributed by atoms with E-state index < -0.39 is 5.91 Å². The smallest absolute Gasteiger partial charge is 0.249 e. The second-order valence-corrected chi connectivity index (χ2v) is 7.63. The zero-order valence-corrected chi connectivity index (χ0v) is 17.2. The molecule has 0 aliphatic rings. The van der Waals surface area contributed by atoms with Crippen LogP contribution in [0.1, 0.15) is 41.8 Å². The third kappa shape index (κ3) is 3.66. The first-order valence-corrected chi connectivity index (χ1v) is 10.2. The summed E-state index contributed by atoms with van der Waals surface area (Å²) in [5.74, 6) is -0.510. The van der Waals surface area contributed by atoms with E-state index in [4.69, 9.17) is 5.73 Å². The van der Waals surface area contributed by atoms with Gasteiger partial charge in [-0.1, -0.05) is 43.7 Å². The van der Waals surface area contributed by atoms with Gasteiger partial charge in [0.2, 0.25) is 11.8 Å². The molecule has 30 heavy (non-hydrogen) atoms. The zero-order chi connectivity index (χ0) is 21.3. The summed E-state index contributed by atoms with van der Waals surface area (Å²) in [6.45, 7) is 4.32. The molecule has 0 aliphatic heterocycles. The van der Waals surface area contributed by atoms with Crippen molar-refractivity contribution in [1.82, 2.24) is 4.57 Å². The van der Waals surface area contributed by atoms with Crippen molar-refractivity contribution in [3.63, 3.8) is 0 Å². The van der Waals surface area contributed by atoms with Crippen LogP contribution in [-0.2, 0) is 17.8 Å². The Morgan fingerprint density at radius 3 is 2.37 bits per heavy atom. The van der Waals surface area contributed by atoms with Crippen LogP contribution < -0.4 is 11.1 Å². The minimum Gasteiger partial charge on any atom is -0.366 e. The van der Waals surface area contributed by atoms with Gasteiger partial charge in [0.05, 0.1) is 5.52 Å². The summed E-state index contributed by atoms with van der Waals surface area (Å²) in [5.41, 5.74) is 11.5. The maximum atomic E-state index is 12.1. The van der Waals surface area contributed by atoms with Gasteiger partial charge in [-0.05, 0) is 47.9 Å². The lowest BCUT2D eigenvalue weighted by molar-refractivity contribution is -0.114. The van der Waals surface area contributed by atoms with E-state index in [0.29, 0.717) is 12.1 Å². The first-order chi connectivity index (χ1) is 14.5. The number of hydrogen-bond donors (Lipinski definition) is 2. The molecule has 0 atom stereocenters. The number of benzene rings is 3. The topological polar surface area (TPSA) is 77.1 Å². The standard InChI is InChI=1S/C25H25N3O2/c1-3-5-17-10-13-20-23(14-17)28(22-7-4-6-21(24(20)22)25(26)30)15-18-8-11-19(12-9-18)27-16(2)29/h4,6-14H,3,5,15H2,1-2H3,(H2,26,30)(H,27,29). The van der Waals surface area contributed by atoms with Gasteiger partial charge in [-0.2, -0.15) is 0 Å². The first-order valence-electron chi connectivity index (χ1n) is 10.2. The summed E-state index contributed by atoms with van der Waals surface area (Å²) in [7, 11) is 0. The van der Waals surface area contributed by atoms with E-state index >= 15 is 0 Å². The Balaban J connectivity index is 1.88. The summed E-state index contributed by atoms with van der Waals surface area (Å²) >= 11 is 0. The quantitative estimate of drug-likeness (QED) is 0.486. The predicted octanol–water partition coefficient (Wildman–Crippen LogP) is 4.85. The molecule has 2 amide bonds. The summed E-state index contributed by atoms with van der Waals surface area (Å²) in [5, 5.41) is 4.73. The molecule has 3 N–H and O–H groups in total. The highest BCUT2D eigenvalue weighted by atomic mass is 16.1. The minimum absolute atomic E-state index is 0.0902. The molecule has 1 aromatic heterocycles. The number of fused-ring (bicyclic) bond motifs is 3. The van der Waals surface area contributed by atoms with Crippen LogP contribution in [0.3, 0.4) is 0 Å². The van der Waals surface area contributed by atoms with Crippen molar-refractivity contribution in [2.45, 2.75) is 33.2 Å². The van der Waals surface area contributed by atoms with Crippen LogP contribution in [0.15, 0.2) is 60.7 Å². The number of hydrogen-bond acceptors (Lipinski definition) is 2. The number of rotatable bonds is 6. The van der Waals surface area contributed by atoms with E-state index in [1.807, 2.05) is 36.4 Å². The molecule has 0 radical (unpaired) electrons. The second-order valence-electron chi connectivity index (χ2n) is 7.63. The molecule has 5 nitrogen and oxygen atoms in total. The Labute approximate surface area is 175 Å². The van der Waals surface area contributed by atoms with Crippen molar-refractivity contribution in [3.8, 4) is 0 Å². The Kier molecular flexibility index (Phi) is 5.27. The maximum absolute atomic E-state index is 12.1. The highest BCUT2D eigenvalue weighted by Gasteiger charge is 2.17. The normalized spacial score (nSPS) is 11.1. The highest BCUT2D eigenvalue weighted by molar-refractivity contribution is 6.18. The molecule has 0 aliphatic carbocycles. The van der Waals surface area contributed by atoms with Crippen molar-refractivity contribution in [2.24, 2.45) is 5.73 Å². The van der Waals surface area contributed by atoms with Gasteiger partial charge in [0, 0.05) is 41.0 Å². The van der Waals surface area contributed by atoms with Crippen LogP contribution in [0.5, 0.6) is 0 Å². The van der Waals surface area contributed by atoms with Gasteiger partial charge in [-0.3, -0.25) is 9.59 Å². The van der Waals surface area contributed by atoms with Crippen molar-refractivity contribution in [1.29, 1.82) is 0 Å². The van der Waals surface area contributed by atoms with Gasteiger partial charge in [-0.15, -0.1) is 0 Å². The summed E-state index contributed by atoms with van der Waals surface area (Å²) in [6.07, 6.45) is 2.08. The zero-order valence-electron chi connectivity index (χ0n) is 17.2. The Hall–Kier alpha value is -3.60. The second kappa shape index (κ2) is 8.03. The molecule has 3 aromatic carbocycles. The fourth-order valence-electron chi connectivity index (χ4n) is 4.09. The van der Waals surface area contributed by atoms with Crippen molar-refractivity contribution in [3.05, 3.63) is 77.4 Å². The van der Waals surface area contributed by atoms with Crippen molar-refractivity contribution >= 4 is 39.3 Å². The number of carbonyl (C=O) groups excluding carboxylic acids is 2. The molecular weight excluding hydrogens is 374 g/mol. The number of primary amides is 1. The number of aryl methyl sites for hydroxylation is 1. The van der Waals surface area contributed by atoms with Gasteiger partial charge >= 0.3 is 0 Å². The van der Waals surface area contributed by atoms with Gasteiger partial charge in [0.1, 0.15) is 0 Å². The Morgan fingerprint density at radius 1 is 0.967 bits per heavy atom. The average Bonchev–Trinajstić information content (AvgIpc) is 3.02. The molecule has 0 saturated heterocycles. The molecule has 4 aromatic rings. The fraction of sp³-hybridized carbons (Fsp3) is 0.200. The van der Waals surface area contributed by atoms with Gasteiger partial charge in [-0.25, -0.2) is 0 Å². The maximum Gasteiger partial charge on any atom is 0.249 e.